The molecule has 2 atom stereocenters. The lowest BCUT2D eigenvalue weighted by Gasteiger charge is -2.13. The van der Waals surface area contributed by atoms with E-state index >= 15 is 0 Å². The van der Waals surface area contributed by atoms with Gasteiger partial charge in [0, 0.05) is 29.9 Å². The normalized spacial score (nSPS) is 18.3. The van der Waals surface area contributed by atoms with Crippen molar-refractivity contribution in [3.8, 4) is 17.0 Å². The number of ether oxygens (including phenoxy) is 1. The van der Waals surface area contributed by atoms with Gasteiger partial charge in [0.15, 0.2) is 0 Å². The number of aromatic nitrogens is 3. The van der Waals surface area contributed by atoms with Crippen molar-refractivity contribution in [3.05, 3.63) is 71.4 Å². The quantitative estimate of drug-likeness (QED) is 0.575. The molecule has 0 radical (unpaired) electrons. The maximum atomic E-state index is 6.19. The monoisotopic (exact) mass is 373 g/mol. The van der Waals surface area contributed by atoms with E-state index in [9.17, 15) is 0 Å². The maximum absolute atomic E-state index is 6.19. The number of hydrogen-bond donors (Lipinski definition) is 0. The summed E-state index contributed by atoms with van der Waals surface area (Å²) in [5, 5.41) is 0. The predicted molar refractivity (Wildman–Crippen MR) is 112 cm³/mol. The average Bonchev–Trinajstić information content (AvgIpc) is 3.47. The van der Waals surface area contributed by atoms with Crippen LogP contribution >= 0.6 is 0 Å². The molecule has 1 fully saturated rings. The fourth-order valence-electron chi connectivity index (χ4n) is 3.50. The van der Waals surface area contributed by atoms with Crippen molar-refractivity contribution in [1.82, 2.24) is 15.0 Å². The summed E-state index contributed by atoms with van der Waals surface area (Å²) in [6.45, 7) is 9.03. The van der Waals surface area contributed by atoms with E-state index in [2.05, 4.69) is 72.1 Å². The van der Waals surface area contributed by atoms with Crippen LogP contribution in [-0.2, 0) is 0 Å². The van der Waals surface area contributed by atoms with E-state index < -0.39 is 0 Å². The summed E-state index contributed by atoms with van der Waals surface area (Å²) in [5.74, 6) is 2.88. The summed E-state index contributed by atoms with van der Waals surface area (Å²) in [6, 6.07) is 12.8. The van der Waals surface area contributed by atoms with E-state index in [1.54, 1.807) is 0 Å². The zero-order valence-corrected chi connectivity index (χ0v) is 17.0. The van der Waals surface area contributed by atoms with Gasteiger partial charge in [-0.2, -0.15) is 4.98 Å². The van der Waals surface area contributed by atoms with Crippen molar-refractivity contribution in [1.29, 1.82) is 0 Å². The highest BCUT2D eigenvalue weighted by molar-refractivity contribution is 5.68. The Balaban J connectivity index is 1.50. The highest BCUT2D eigenvalue weighted by atomic mass is 16.5. The van der Waals surface area contributed by atoms with Crippen LogP contribution in [0.2, 0.25) is 0 Å². The second-order valence-corrected chi connectivity index (χ2v) is 8.09. The van der Waals surface area contributed by atoms with Gasteiger partial charge in [-0.15, -0.1) is 0 Å². The summed E-state index contributed by atoms with van der Waals surface area (Å²) in [6.07, 6.45) is 4.94. The molecule has 144 valence electrons. The first-order chi connectivity index (χ1) is 13.5. The summed E-state index contributed by atoms with van der Waals surface area (Å²) < 4.78 is 6.19. The average molecular weight is 374 g/mol. The van der Waals surface area contributed by atoms with Crippen molar-refractivity contribution in [2.45, 2.75) is 46.0 Å². The molecular weight excluding hydrogens is 346 g/mol. The minimum absolute atomic E-state index is 0.477. The molecule has 4 nitrogen and oxygen atoms in total. The molecule has 4 heteroatoms. The van der Waals surface area contributed by atoms with Crippen LogP contribution in [0.4, 0.5) is 0 Å². The highest BCUT2D eigenvalue weighted by Gasteiger charge is 2.40. The van der Waals surface area contributed by atoms with Gasteiger partial charge in [0.05, 0.1) is 12.2 Å². The number of benzene rings is 1. The van der Waals surface area contributed by atoms with Crippen molar-refractivity contribution in [3.63, 3.8) is 0 Å². The zero-order chi connectivity index (χ0) is 19.7. The van der Waals surface area contributed by atoms with E-state index in [0.29, 0.717) is 30.2 Å². The van der Waals surface area contributed by atoms with E-state index in [0.717, 1.165) is 23.4 Å². The first-order valence-corrected chi connectivity index (χ1v) is 10.0. The first-order valence-electron chi connectivity index (χ1n) is 10.0. The molecule has 3 aromatic rings. The van der Waals surface area contributed by atoms with Gasteiger partial charge in [0.1, 0.15) is 5.82 Å². The summed E-state index contributed by atoms with van der Waals surface area (Å²) in [5.41, 5.74) is 5.73. The molecule has 1 aliphatic rings. The molecular formula is C24H27N3O. The third kappa shape index (κ3) is 4.06. The van der Waals surface area contributed by atoms with Crippen LogP contribution in [0.25, 0.3) is 11.1 Å². The molecule has 1 aliphatic carbocycles. The van der Waals surface area contributed by atoms with Gasteiger partial charge < -0.3 is 4.74 Å². The lowest BCUT2D eigenvalue weighted by atomic mass is 9.98. The second-order valence-electron chi connectivity index (χ2n) is 8.09. The molecule has 0 amide bonds. The summed E-state index contributed by atoms with van der Waals surface area (Å²) in [7, 11) is 0. The molecule has 0 spiro atoms. The highest BCUT2D eigenvalue weighted by Crippen LogP contribution is 2.47. The minimum Gasteiger partial charge on any atom is -0.477 e. The largest absolute Gasteiger partial charge is 0.477 e. The fourth-order valence-corrected chi connectivity index (χ4v) is 3.50. The Labute approximate surface area is 167 Å². The van der Waals surface area contributed by atoms with Gasteiger partial charge in [-0.05, 0) is 48.9 Å². The molecule has 2 aromatic heterocycles. The molecule has 0 aliphatic heterocycles. The second kappa shape index (κ2) is 7.70. The maximum Gasteiger partial charge on any atom is 0.224 e. The first kappa shape index (κ1) is 18.6. The van der Waals surface area contributed by atoms with E-state index in [4.69, 9.17) is 4.74 Å². The van der Waals surface area contributed by atoms with Crippen molar-refractivity contribution in [2.75, 3.05) is 6.61 Å². The van der Waals surface area contributed by atoms with Crippen LogP contribution in [0.1, 0.15) is 54.7 Å². The van der Waals surface area contributed by atoms with Gasteiger partial charge in [-0.25, -0.2) is 4.98 Å². The molecule has 4 rings (SSSR count). The molecule has 1 saturated carbocycles. The number of rotatable bonds is 6. The van der Waals surface area contributed by atoms with Crippen LogP contribution in [0.15, 0.2) is 48.8 Å². The third-order valence-electron chi connectivity index (χ3n) is 5.41. The van der Waals surface area contributed by atoms with Crippen molar-refractivity contribution < 1.29 is 4.74 Å². The van der Waals surface area contributed by atoms with Gasteiger partial charge >= 0.3 is 0 Å². The predicted octanol–water partition coefficient (Wildman–Crippen LogP) is 5.46. The Morgan fingerprint density at radius 3 is 2.68 bits per heavy atom. The Bertz CT molecular complexity index is 966. The summed E-state index contributed by atoms with van der Waals surface area (Å²) >= 11 is 0. The Morgan fingerprint density at radius 1 is 1.07 bits per heavy atom. The zero-order valence-electron chi connectivity index (χ0n) is 17.0. The third-order valence-corrected chi connectivity index (χ3v) is 5.41. The van der Waals surface area contributed by atoms with E-state index in [1.807, 2.05) is 19.3 Å². The van der Waals surface area contributed by atoms with Crippen molar-refractivity contribution >= 4 is 0 Å². The molecule has 28 heavy (non-hydrogen) atoms. The molecule has 0 saturated heterocycles. The van der Waals surface area contributed by atoms with Crippen LogP contribution < -0.4 is 4.74 Å². The van der Waals surface area contributed by atoms with Crippen LogP contribution in [0.5, 0.6) is 5.88 Å². The van der Waals surface area contributed by atoms with Crippen LogP contribution in [-0.4, -0.2) is 21.6 Å². The van der Waals surface area contributed by atoms with Gasteiger partial charge in [0.25, 0.3) is 0 Å². The number of aryl methyl sites for hydroxylation is 2. The number of nitrogens with zero attached hydrogens (tertiary/aromatic N) is 3. The fraction of sp³-hybridized carbons (Fsp3) is 0.375. The van der Waals surface area contributed by atoms with E-state index in [1.165, 1.54) is 16.8 Å². The molecule has 0 N–H and O–H groups in total. The van der Waals surface area contributed by atoms with Crippen molar-refractivity contribution in [2.24, 2.45) is 5.92 Å². The molecule has 0 bridgehead atoms. The number of pyridine rings is 1. The van der Waals surface area contributed by atoms with Crippen LogP contribution in [0.3, 0.4) is 0 Å². The Hall–Kier alpha value is -2.75. The van der Waals surface area contributed by atoms with Crippen LogP contribution in [0, 0.1) is 19.8 Å². The van der Waals surface area contributed by atoms with E-state index in [-0.39, 0.29) is 0 Å². The molecule has 1 aromatic carbocycles. The lowest BCUT2D eigenvalue weighted by molar-refractivity contribution is 0.285. The minimum atomic E-state index is 0.477. The Morgan fingerprint density at radius 2 is 1.93 bits per heavy atom. The lowest BCUT2D eigenvalue weighted by Crippen LogP contribution is -2.05. The number of hydrogen-bond acceptors (Lipinski definition) is 4. The topological polar surface area (TPSA) is 47.9 Å². The van der Waals surface area contributed by atoms with Gasteiger partial charge in [0.2, 0.25) is 5.88 Å². The SMILES string of the molecule is Cc1ccc([C@H]2C[C@@H]2COc2nc(C)ncc2-c2cccc(C(C)C)c2)nc1. The standard InChI is InChI=1S/C24H27N3O/c1-15(2)18-6-5-7-19(10-18)22-13-25-17(4)27-24(22)28-14-20-11-21(20)23-9-8-16(3)12-26-23/h5-10,12-13,15,20-21H,11,14H2,1-4H3/t20-,21+/m1/s1. The van der Waals surface area contributed by atoms with Gasteiger partial charge in [-0.3, -0.25) is 4.98 Å². The van der Waals surface area contributed by atoms with Gasteiger partial charge in [-0.1, -0.05) is 44.2 Å². The molecule has 2 heterocycles. The molecule has 0 unspecified atom stereocenters. The summed E-state index contributed by atoms with van der Waals surface area (Å²) in [4.78, 5) is 13.6. The smallest absolute Gasteiger partial charge is 0.224 e. The Kier molecular flexibility index (Phi) is 5.12.